The molecule has 0 saturated heterocycles. The van der Waals surface area contributed by atoms with Crippen molar-refractivity contribution in [3.05, 3.63) is 23.8 Å². The van der Waals surface area contributed by atoms with Crippen LogP contribution in [0, 0.1) is 0 Å². The van der Waals surface area contributed by atoms with Gasteiger partial charge in [0, 0.05) is 24.9 Å². The topological polar surface area (TPSA) is 73.6 Å². The minimum atomic E-state index is -0.257. The van der Waals surface area contributed by atoms with E-state index >= 15 is 0 Å². The van der Waals surface area contributed by atoms with Crippen molar-refractivity contribution in [2.45, 2.75) is 25.8 Å². The van der Waals surface area contributed by atoms with E-state index in [4.69, 9.17) is 15.2 Å². The zero-order chi connectivity index (χ0) is 13.5. The van der Waals surface area contributed by atoms with Gasteiger partial charge in [0.1, 0.15) is 0 Å². The number of para-hydroxylation sites is 1. The van der Waals surface area contributed by atoms with Crippen LogP contribution in [0.15, 0.2) is 18.2 Å². The van der Waals surface area contributed by atoms with Crippen molar-refractivity contribution in [3.63, 3.8) is 0 Å². The number of hydrogen-bond donors (Lipinski definition) is 2. The number of ether oxygens (including phenoxy) is 2. The number of benzene rings is 1. The molecule has 2 rings (SSSR count). The molecule has 0 atom stereocenters. The van der Waals surface area contributed by atoms with Crippen molar-refractivity contribution in [1.82, 2.24) is 5.32 Å². The van der Waals surface area contributed by atoms with E-state index in [0.29, 0.717) is 26.2 Å². The molecule has 1 aromatic carbocycles. The fourth-order valence-corrected chi connectivity index (χ4v) is 2.00. The maximum Gasteiger partial charge on any atom is 0.217 e. The first-order chi connectivity index (χ1) is 9.27. The Balaban J connectivity index is 1.88. The maximum absolute atomic E-state index is 10.6. The van der Waals surface area contributed by atoms with E-state index in [2.05, 4.69) is 5.32 Å². The highest BCUT2D eigenvalue weighted by molar-refractivity contribution is 5.73. The SMILES string of the molecule is NC(=O)CCCNCc1cccc2c1OCCCO2. The molecule has 1 aliphatic heterocycles. The Bertz CT molecular complexity index is 435. The molecule has 0 spiro atoms. The van der Waals surface area contributed by atoms with Crippen molar-refractivity contribution in [3.8, 4) is 11.5 Å². The molecule has 0 aliphatic carbocycles. The Labute approximate surface area is 113 Å². The van der Waals surface area contributed by atoms with Crippen molar-refractivity contribution in [2.24, 2.45) is 5.73 Å². The summed E-state index contributed by atoms with van der Waals surface area (Å²) >= 11 is 0. The van der Waals surface area contributed by atoms with E-state index in [0.717, 1.165) is 36.4 Å². The molecule has 5 heteroatoms. The summed E-state index contributed by atoms with van der Waals surface area (Å²) in [6.45, 7) is 2.84. The zero-order valence-electron chi connectivity index (χ0n) is 11.0. The van der Waals surface area contributed by atoms with Gasteiger partial charge in [-0.25, -0.2) is 0 Å². The zero-order valence-corrected chi connectivity index (χ0v) is 11.0. The molecule has 1 amide bonds. The third-order valence-corrected chi connectivity index (χ3v) is 2.95. The van der Waals surface area contributed by atoms with Gasteiger partial charge in [-0.1, -0.05) is 12.1 Å². The van der Waals surface area contributed by atoms with E-state index < -0.39 is 0 Å². The van der Waals surface area contributed by atoms with Crippen LogP contribution in [0.1, 0.15) is 24.8 Å². The molecule has 1 heterocycles. The summed E-state index contributed by atoms with van der Waals surface area (Å²) in [6, 6.07) is 5.92. The Hall–Kier alpha value is -1.75. The van der Waals surface area contributed by atoms with Crippen LogP contribution in [0.25, 0.3) is 0 Å². The predicted octanol–water partition coefficient (Wildman–Crippen LogP) is 1.20. The molecule has 0 radical (unpaired) electrons. The summed E-state index contributed by atoms with van der Waals surface area (Å²) in [6.07, 6.45) is 2.07. The van der Waals surface area contributed by atoms with Gasteiger partial charge < -0.3 is 20.5 Å². The van der Waals surface area contributed by atoms with Crippen molar-refractivity contribution >= 4 is 5.91 Å². The number of nitrogens with one attached hydrogen (secondary N) is 1. The monoisotopic (exact) mass is 264 g/mol. The molecule has 0 fully saturated rings. The molecule has 0 aromatic heterocycles. The highest BCUT2D eigenvalue weighted by Crippen LogP contribution is 2.32. The Kier molecular flexibility index (Phi) is 5.03. The highest BCUT2D eigenvalue weighted by atomic mass is 16.5. The molecule has 1 aliphatic rings. The quantitative estimate of drug-likeness (QED) is 0.757. The van der Waals surface area contributed by atoms with Crippen LogP contribution in [-0.2, 0) is 11.3 Å². The summed E-state index contributed by atoms with van der Waals surface area (Å²) in [4.78, 5) is 10.6. The van der Waals surface area contributed by atoms with Crippen molar-refractivity contribution in [2.75, 3.05) is 19.8 Å². The van der Waals surface area contributed by atoms with Crippen LogP contribution in [-0.4, -0.2) is 25.7 Å². The molecular formula is C14H20N2O3. The van der Waals surface area contributed by atoms with Crippen LogP contribution in [0.2, 0.25) is 0 Å². The number of primary amides is 1. The molecule has 3 N–H and O–H groups in total. The molecule has 0 saturated carbocycles. The number of nitrogens with two attached hydrogens (primary N) is 1. The molecule has 19 heavy (non-hydrogen) atoms. The van der Waals surface area contributed by atoms with Gasteiger partial charge in [0.15, 0.2) is 11.5 Å². The Morgan fingerprint density at radius 3 is 3.00 bits per heavy atom. The second-order valence-corrected chi connectivity index (χ2v) is 4.54. The van der Waals surface area contributed by atoms with Crippen molar-refractivity contribution < 1.29 is 14.3 Å². The fourth-order valence-electron chi connectivity index (χ4n) is 2.00. The predicted molar refractivity (Wildman–Crippen MR) is 72.2 cm³/mol. The Morgan fingerprint density at radius 2 is 2.16 bits per heavy atom. The number of carbonyl (C=O) groups excluding carboxylic acids is 1. The first-order valence-corrected chi connectivity index (χ1v) is 6.64. The van der Waals surface area contributed by atoms with Crippen LogP contribution < -0.4 is 20.5 Å². The third kappa shape index (κ3) is 4.13. The Morgan fingerprint density at radius 1 is 1.32 bits per heavy atom. The fraction of sp³-hybridized carbons (Fsp3) is 0.500. The summed E-state index contributed by atoms with van der Waals surface area (Å²) in [5.74, 6) is 1.39. The van der Waals surface area contributed by atoms with Crippen LogP contribution in [0.4, 0.5) is 0 Å². The third-order valence-electron chi connectivity index (χ3n) is 2.95. The van der Waals surface area contributed by atoms with Gasteiger partial charge >= 0.3 is 0 Å². The maximum atomic E-state index is 10.6. The normalized spacial score (nSPS) is 13.9. The van der Waals surface area contributed by atoms with E-state index in [9.17, 15) is 4.79 Å². The van der Waals surface area contributed by atoms with Gasteiger partial charge in [-0.05, 0) is 19.0 Å². The number of fused-ring (bicyclic) bond motifs is 1. The summed E-state index contributed by atoms with van der Waals surface area (Å²) in [5.41, 5.74) is 6.17. The number of rotatable bonds is 6. The lowest BCUT2D eigenvalue weighted by Crippen LogP contribution is -2.18. The number of amides is 1. The lowest BCUT2D eigenvalue weighted by molar-refractivity contribution is -0.118. The van der Waals surface area contributed by atoms with Gasteiger partial charge in [0.2, 0.25) is 5.91 Å². The summed E-state index contributed by atoms with van der Waals surface area (Å²) in [5, 5.41) is 3.28. The van der Waals surface area contributed by atoms with Crippen molar-refractivity contribution in [1.29, 1.82) is 0 Å². The molecule has 104 valence electrons. The first kappa shape index (κ1) is 13.7. The smallest absolute Gasteiger partial charge is 0.217 e. The van der Waals surface area contributed by atoms with E-state index in [1.807, 2.05) is 18.2 Å². The van der Waals surface area contributed by atoms with Gasteiger partial charge in [0.25, 0.3) is 0 Å². The molecular weight excluding hydrogens is 244 g/mol. The van der Waals surface area contributed by atoms with Crippen LogP contribution in [0.3, 0.4) is 0 Å². The van der Waals surface area contributed by atoms with E-state index in [-0.39, 0.29) is 5.91 Å². The minimum absolute atomic E-state index is 0.257. The standard InChI is InChI=1S/C14H20N2O3/c15-13(17)6-2-7-16-10-11-4-1-5-12-14(11)19-9-3-8-18-12/h1,4-5,16H,2-3,6-10H2,(H2,15,17). The second-order valence-electron chi connectivity index (χ2n) is 4.54. The number of hydrogen-bond acceptors (Lipinski definition) is 4. The highest BCUT2D eigenvalue weighted by Gasteiger charge is 2.13. The van der Waals surface area contributed by atoms with Crippen LogP contribution >= 0.6 is 0 Å². The molecule has 0 unspecified atom stereocenters. The minimum Gasteiger partial charge on any atom is -0.490 e. The second kappa shape index (κ2) is 6.99. The first-order valence-electron chi connectivity index (χ1n) is 6.64. The largest absolute Gasteiger partial charge is 0.490 e. The average molecular weight is 264 g/mol. The van der Waals surface area contributed by atoms with Gasteiger partial charge in [-0.2, -0.15) is 0 Å². The van der Waals surface area contributed by atoms with Gasteiger partial charge in [-0.15, -0.1) is 0 Å². The summed E-state index contributed by atoms with van der Waals surface area (Å²) < 4.78 is 11.4. The van der Waals surface area contributed by atoms with Crippen LogP contribution in [0.5, 0.6) is 11.5 Å². The van der Waals surface area contributed by atoms with Gasteiger partial charge in [-0.3, -0.25) is 4.79 Å². The van der Waals surface area contributed by atoms with E-state index in [1.54, 1.807) is 0 Å². The molecule has 0 bridgehead atoms. The molecule has 1 aromatic rings. The number of carbonyl (C=O) groups is 1. The lowest BCUT2D eigenvalue weighted by Gasteiger charge is -2.12. The lowest BCUT2D eigenvalue weighted by atomic mass is 10.2. The average Bonchev–Trinajstić information content (AvgIpc) is 2.63. The van der Waals surface area contributed by atoms with Gasteiger partial charge in [0.05, 0.1) is 13.2 Å². The summed E-state index contributed by atoms with van der Waals surface area (Å²) in [7, 11) is 0. The molecule has 5 nitrogen and oxygen atoms in total. The van der Waals surface area contributed by atoms with E-state index in [1.165, 1.54) is 0 Å².